The lowest BCUT2D eigenvalue weighted by Gasteiger charge is -1.97. The van der Waals surface area contributed by atoms with Crippen molar-refractivity contribution in [3.63, 3.8) is 0 Å². The van der Waals surface area contributed by atoms with Crippen molar-refractivity contribution in [1.82, 2.24) is 0 Å². The van der Waals surface area contributed by atoms with Crippen LogP contribution in [0.2, 0.25) is 5.02 Å². The molecule has 0 spiro atoms. The molecule has 0 saturated carbocycles. The third-order valence-corrected chi connectivity index (χ3v) is 2.80. The van der Waals surface area contributed by atoms with E-state index >= 15 is 0 Å². The average Bonchev–Trinajstić information content (AvgIpc) is 2.40. The minimum atomic E-state index is 0.332. The molecule has 0 aliphatic carbocycles. The summed E-state index contributed by atoms with van der Waals surface area (Å²) in [5, 5.41) is 0.356. The molecule has 1 heterocycles. The molecule has 0 bridgehead atoms. The van der Waals surface area contributed by atoms with Gasteiger partial charge in [-0.1, -0.05) is 41.9 Å². The van der Waals surface area contributed by atoms with E-state index in [0.717, 1.165) is 6.42 Å². The van der Waals surface area contributed by atoms with E-state index in [2.05, 4.69) is 17.1 Å². The van der Waals surface area contributed by atoms with Crippen LogP contribution in [0, 0.1) is 0 Å². The second-order valence-corrected chi connectivity index (χ2v) is 4.16. The Labute approximate surface area is 110 Å². The number of benzene rings is 1. The van der Waals surface area contributed by atoms with E-state index < -0.39 is 0 Å². The number of halogens is 1. The summed E-state index contributed by atoms with van der Waals surface area (Å²) in [7, 11) is 0. The molecule has 18 heavy (non-hydrogen) atoms. The molecule has 0 aliphatic rings. The zero-order valence-electron chi connectivity index (χ0n) is 9.67. The van der Waals surface area contributed by atoms with E-state index in [-0.39, 0.29) is 0 Å². The Kier molecular flexibility index (Phi) is 4.31. The molecule has 0 unspecified atom stereocenters. The summed E-state index contributed by atoms with van der Waals surface area (Å²) < 4.78 is 5.19. The number of nitrogens with zero attached hydrogens (tertiary/aromatic N) is 1. The number of carbonyl (C=O) groups excluding carboxylic acids is 1. The van der Waals surface area contributed by atoms with Gasteiger partial charge in [0.2, 0.25) is 5.55 Å². The van der Waals surface area contributed by atoms with Crippen LogP contribution in [0.15, 0.2) is 52.1 Å². The van der Waals surface area contributed by atoms with Crippen LogP contribution in [0.25, 0.3) is 0 Å². The highest BCUT2D eigenvalue weighted by atomic mass is 35.5. The van der Waals surface area contributed by atoms with Crippen molar-refractivity contribution >= 4 is 17.9 Å². The van der Waals surface area contributed by atoms with Crippen molar-refractivity contribution in [2.75, 3.05) is 6.54 Å². The van der Waals surface area contributed by atoms with Crippen LogP contribution in [-0.4, -0.2) is 12.8 Å². The molecule has 0 radical (unpaired) electrons. The summed E-state index contributed by atoms with van der Waals surface area (Å²) in [5.74, 6) is 0. The number of hydrogen-bond acceptors (Lipinski definition) is 3. The summed E-state index contributed by atoms with van der Waals surface area (Å²) in [6.07, 6.45) is 2.81. The van der Waals surface area contributed by atoms with E-state index in [0.29, 0.717) is 29.0 Å². The molecular weight excluding hydrogens is 250 g/mol. The van der Waals surface area contributed by atoms with Crippen molar-refractivity contribution < 1.29 is 9.21 Å². The fourth-order valence-corrected chi connectivity index (χ4v) is 1.70. The topological polar surface area (TPSA) is 42.6 Å². The number of rotatable bonds is 4. The van der Waals surface area contributed by atoms with E-state index in [1.807, 2.05) is 18.2 Å². The highest BCUT2D eigenvalue weighted by Gasteiger charge is 1.99. The van der Waals surface area contributed by atoms with Crippen LogP contribution in [0.4, 0.5) is 0 Å². The quantitative estimate of drug-likeness (QED) is 0.794. The van der Waals surface area contributed by atoms with Gasteiger partial charge in [0.1, 0.15) is 6.26 Å². The predicted octanol–water partition coefficient (Wildman–Crippen LogP) is 2.89. The molecule has 2 aromatic rings. The first-order valence-corrected chi connectivity index (χ1v) is 5.95. The molecule has 0 saturated heterocycles. The monoisotopic (exact) mass is 261 g/mol. The minimum absolute atomic E-state index is 0.332. The maximum atomic E-state index is 10.6. The number of aldehydes is 1. The van der Waals surface area contributed by atoms with Gasteiger partial charge < -0.3 is 4.42 Å². The number of hydrogen-bond donors (Lipinski definition) is 0. The van der Waals surface area contributed by atoms with E-state index in [1.54, 1.807) is 6.07 Å². The Morgan fingerprint density at radius 1 is 1.28 bits per heavy atom. The van der Waals surface area contributed by atoms with Crippen LogP contribution in [0.3, 0.4) is 0 Å². The second-order valence-electron chi connectivity index (χ2n) is 3.76. The lowest BCUT2D eigenvalue weighted by atomic mass is 10.2. The SMILES string of the molecule is O=Cc1coc(=NCCc2ccccc2)cc1Cl. The van der Waals surface area contributed by atoms with Crippen LogP contribution >= 0.6 is 11.6 Å². The molecule has 0 aliphatic heterocycles. The van der Waals surface area contributed by atoms with Crippen molar-refractivity contribution in [3.05, 3.63) is 64.4 Å². The Hall–Kier alpha value is -1.87. The minimum Gasteiger partial charge on any atom is -0.446 e. The fraction of sp³-hybridized carbons (Fsp3) is 0.143. The summed E-state index contributed by atoms with van der Waals surface area (Å²) >= 11 is 5.87. The highest BCUT2D eigenvalue weighted by molar-refractivity contribution is 6.32. The Balaban J connectivity index is 2.06. The van der Waals surface area contributed by atoms with Gasteiger partial charge in [0, 0.05) is 12.6 Å². The normalized spacial score (nSPS) is 11.5. The smallest absolute Gasteiger partial charge is 0.215 e. The third-order valence-electron chi connectivity index (χ3n) is 2.47. The first-order chi connectivity index (χ1) is 8.79. The molecule has 1 aromatic carbocycles. The van der Waals surface area contributed by atoms with Crippen LogP contribution in [-0.2, 0) is 6.42 Å². The van der Waals surface area contributed by atoms with Crippen molar-refractivity contribution in [1.29, 1.82) is 0 Å². The second kappa shape index (κ2) is 6.17. The first kappa shape index (κ1) is 12.6. The van der Waals surface area contributed by atoms with Crippen molar-refractivity contribution in [2.45, 2.75) is 6.42 Å². The standard InChI is InChI=1S/C14H12ClNO2/c15-13-8-14(18-10-12(13)9-17)16-7-6-11-4-2-1-3-5-11/h1-5,8-10H,6-7H2. The lowest BCUT2D eigenvalue weighted by Crippen LogP contribution is -2.03. The molecule has 92 valence electrons. The van der Waals surface area contributed by atoms with Gasteiger partial charge in [0.05, 0.1) is 10.6 Å². The first-order valence-electron chi connectivity index (χ1n) is 5.57. The zero-order valence-corrected chi connectivity index (χ0v) is 10.4. The largest absolute Gasteiger partial charge is 0.446 e. The highest BCUT2D eigenvalue weighted by Crippen LogP contribution is 2.09. The molecule has 1 aromatic heterocycles. The van der Waals surface area contributed by atoms with Gasteiger partial charge in [-0.2, -0.15) is 0 Å². The molecule has 4 heteroatoms. The molecule has 2 rings (SSSR count). The Bertz CT molecular complexity index is 590. The summed E-state index contributed by atoms with van der Waals surface area (Å²) in [5.41, 5.74) is 1.98. The van der Waals surface area contributed by atoms with Gasteiger partial charge >= 0.3 is 0 Å². The molecule has 0 amide bonds. The van der Waals surface area contributed by atoms with Gasteiger partial charge in [0.15, 0.2) is 6.29 Å². The van der Waals surface area contributed by atoms with Crippen molar-refractivity contribution in [3.8, 4) is 0 Å². The Morgan fingerprint density at radius 3 is 2.72 bits per heavy atom. The van der Waals surface area contributed by atoms with Gasteiger partial charge in [-0.3, -0.25) is 9.79 Å². The summed E-state index contributed by atoms with van der Waals surface area (Å²) in [6.45, 7) is 0.615. The average molecular weight is 262 g/mol. The molecule has 0 fully saturated rings. The van der Waals surface area contributed by atoms with Crippen LogP contribution in [0.1, 0.15) is 15.9 Å². The van der Waals surface area contributed by atoms with E-state index in [9.17, 15) is 4.79 Å². The molecule has 3 nitrogen and oxygen atoms in total. The van der Waals surface area contributed by atoms with Gasteiger partial charge in [-0.05, 0) is 12.0 Å². The van der Waals surface area contributed by atoms with Gasteiger partial charge in [-0.15, -0.1) is 0 Å². The third kappa shape index (κ3) is 3.31. The van der Waals surface area contributed by atoms with E-state index in [4.69, 9.17) is 16.0 Å². The summed E-state index contributed by atoms with van der Waals surface area (Å²) in [6, 6.07) is 11.6. The fourth-order valence-electron chi connectivity index (χ4n) is 1.51. The lowest BCUT2D eigenvalue weighted by molar-refractivity contribution is 0.112. The van der Waals surface area contributed by atoms with E-state index in [1.165, 1.54) is 11.8 Å². The molecular formula is C14H12ClNO2. The summed E-state index contributed by atoms with van der Waals surface area (Å²) in [4.78, 5) is 14.8. The molecule has 0 N–H and O–H groups in total. The zero-order chi connectivity index (χ0) is 12.8. The van der Waals surface area contributed by atoms with Crippen LogP contribution < -0.4 is 5.55 Å². The predicted molar refractivity (Wildman–Crippen MR) is 69.7 cm³/mol. The van der Waals surface area contributed by atoms with Crippen molar-refractivity contribution in [2.24, 2.45) is 4.99 Å². The molecule has 0 atom stereocenters. The Morgan fingerprint density at radius 2 is 2.06 bits per heavy atom. The van der Waals surface area contributed by atoms with Gasteiger partial charge in [0.25, 0.3) is 0 Å². The maximum Gasteiger partial charge on any atom is 0.215 e. The maximum absolute atomic E-state index is 10.6. The number of carbonyl (C=O) groups is 1. The van der Waals surface area contributed by atoms with Gasteiger partial charge in [-0.25, -0.2) is 0 Å². The van der Waals surface area contributed by atoms with Crippen LogP contribution in [0.5, 0.6) is 0 Å².